The number of hydrogen-bond acceptors (Lipinski definition) is 2. The smallest absolute Gasteiger partial charge is 0.0520 e. The zero-order chi connectivity index (χ0) is 5.70. The standard InChI is InChI=1S/C5H12OS/c1-5(6)3-4-7-2/h5-6H,3-4H2,1-2H3/t5-/m0/s1. The Hall–Kier alpha value is 0.310. The third kappa shape index (κ3) is 6.31. The summed E-state index contributed by atoms with van der Waals surface area (Å²) in [7, 11) is 0. The quantitative estimate of drug-likeness (QED) is 0.602. The van der Waals surface area contributed by atoms with Gasteiger partial charge in [-0.3, -0.25) is 0 Å². The molecule has 0 saturated carbocycles. The normalized spacial score (nSPS) is 14.1. The van der Waals surface area contributed by atoms with Crippen LogP contribution in [-0.2, 0) is 0 Å². The molecule has 0 aliphatic carbocycles. The highest BCUT2D eigenvalue weighted by atomic mass is 32.2. The van der Waals surface area contributed by atoms with Crippen LogP contribution in [0.25, 0.3) is 0 Å². The van der Waals surface area contributed by atoms with E-state index in [1.165, 1.54) is 0 Å². The van der Waals surface area contributed by atoms with Crippen molar-refractivity contribution in [1.29, 1.82) is 0 Å². The van der Waals surface area contributed by atoms with Crippen LogP contribution in [0.5, 0.6) is 0 Å². The minimum absolute atomic E-state index is 0.118. The van der Waals surface area contributed by atoms with Crippen molar-refractivity contribution in [1.82, 2.24) is 0 Å². The number of thioether (sulfide) groups is 1. The molecule has 0 rings (SSSR count). The van der Waals surface area contributed by atoms with Gasteiger partial charge in [-0.25, -0.2) is 0 Å². The molecular formula is C5H12OS. The average Bonchev–Trinajstić information content (AvgIpc) is 1.61. The molecule has 1 nitrogen and oxygen atoms in total. The van der Waals surface area contributed by atoms with E-state index in [1.807, 2.05) is 13.2 Å². The van der Waals surface area contributed by atoms with E-state index in [4.69, 9.17) is 5.11 Å². The van der Waals surface area contributed by atoms with Gasteiger partial charge >= 0.3 is 0 Å². The lowest BCUT2D eigenvalue weighted by atomic mass is 10.3. The highest BCUT2D eigenvalue weighted by molar-refractivity contribution is 7.98. The predicted molar refractivity (Wildman–Crippen MR) is 34.7 cm³/mol. The van der Waals surface area contributed by atoms with Gasteiger partial charge in [0.1, 0.15) is 0 Å². The Balaban J connectivity index is 2.68. The van der Waals surface area contributed by atoms with Gasteiger partial charge in [0.05, 0.1) is 6.10 Å². The van der Waals surface area contributed by atoms with Crippen molar-refractivity contribution in [2.24, 2.45) is 0 Å². The first-order chi connectivity index (χ1) is 3.27. The maximum Gasteiger partial charge on any atom is 0.0520 e. The van der Waals surface area contributed by atoms with Crippen molar-refractivity contribution in [3.8, 4) is 0 Å². The van der Waals surface area contributed by atoms with Crippen LogP contribution < -0.4 is 0 Å². The Morgan fingerprint density at radius 2 is 2.29 bits per heavy atom. The Labute approximate surface area is 49.1 Å². The van der Waals surface area contributed by atoms with Crippen LogP contribution in [0, 0.1) is 0 Å². The van der Waals surface area contributed by atoms with E-state index in [1.54, 1.807) is 11.8 Å². The number of aliphatic hydroxyl groups excluding tert-OH is 1. The minimum atomic E-state index is -0.118. The molecule has 0 fully saturated rings. The van der Waals surface area contributed by atoms with E-state index < -0.39 is 0 Å². The summed E-state index contributed by atoms with van der Waals surface area (Å²) >= 11 is 1.77. The first-order valence-electron chi connectivity index (χ1n) is 2.44. The highest BCUT2D eigenvalue weighted by Crippen LogP contribution is 1.97. The van der Waals surface area contributed by atoms with E-state index in [0.29, 0.717) is 0 Å². The summed E-state index contributed by atoms with van der Waals surface area (Å²) in [4.78, 5) is 0. The van der Waals surface area contributed by atoms with E-state index in [0.717, 1.165) is 12.2 Å². The van der Waals surface area contributed by atoms with E-state index >= 15 is 0 Å². The van der Waals surface area contributed by atoms with Crippen LogP contribution in [0.2, 0.25) is 0 Å². The predicted octanol–water partition coefficient (Wildman–Crippen LogP) is 1.12. The number of aliphatic hydroxyl groups is 1. The molecule has 0 amide bonds. The van der Waals surface area contributed by atoms with Crippen LogP contribution in [-0.4, -0.2) is 23.2 Å². The van der Waals surface area contributed by atoms with Crippen molar-refractivity contribution < 1.29 is 5.11 Å². The molecule has 2 heteroatoms. The van der Waals surface area contributed by atoms with Crippen molar-refractivity contribution >= 4 is 11.8 Å². The topological polar surface area (TPSA) is 20.2 Å². The molecular weight excluding hydrogens is 108 g/mol. The van der Waals surface area contributed by atoms with Crippen LogP contribution in [0.15, 0.2) is 0 Å². The van der Waals surface area contributed by atoms with Crippen LogP contribution in [0.4, 0.5) is 0 Å². The van der Waals surface area contributed by atoms with Gasteiger partial charge in [0.15, 0.2) is 0 Å². The lowest BCUT2D eigenvalue weighted by Crippen LogP contribution is -1.99. The first-order valence-corrected chi connectivity index (χ1v) is 3.83. The van der Waals surface area contributed by atoms with Gasteiger partial charge in [-0.15, -0.1) is 0 Å². The van der Waals surface area contributed by atoms with Crippen molar-refractivity contribution in [3.63, 3.8) is 0 Å². The zero-order valence-electron chi connectivity index (χ0n) is 4.85. The maximum atomic E-state index is 8.67. The molecule has 0 unspecified atom stereocenters. The van der Waals surface area contributed by atoms with E-state index in [-0.39, 0.29) is 6.10 Å². The third-order valence-electron chi connectivity index (χ3n) is 0.740. The summed E-state index contributed by atoms with van der Waals surface area (Å²) in [5, 5.41) is 8.67. The molecule has 0 aliphatic rings. The maximum absolute atomic E-state index is 8.67. The first kappa shape index (κ1) is 7.31. The summed E-state index contributed by atoms with van der Waals surface area (Å²) < 4.78 is 0. The average molecular weight is 120 g/mol. The SMILES string of the molecule is CSCC[C@H](C)O. The van der Waals surface area contributed by atoms with E-state index in [2.05, 4.69) is 0 Å². The number of hydrogen-bond donors (Lipinski definition) is 1. The molecule has 0 heterocycles. The third-order valence-corrected chi connectivity index (χ3v) is 1.38. The molecule has 1 atom stereocenters. The molecule has 0 aromatic heterocycles. The summed E-state index contributed by atoms with van der Waals surface area (Å²) in [5.41, 5.74) is 0. The molecule has 1 N–H and O–H groups in total. The number of rotatable bonds is 3. The van der Waals surface area contributed by atoms with Crippen molar-refractivity contribution in [2.75, 3.05) is 12.0 Å². The Kier molecular flexibility index (Phi) is 4.67. The van der Waals surface area contributed by atoms with Gasteiger partial charge in [-0.2, -0.15) is 11.8 Å². The summed E-state index contributed by atoms with van der Waals surface area (Å²) in [6.45, 7) is 1.82. The fraction of sp³-hybridized carbons (Fsp3) is 1.00. The van der Waals surface area contributed by atoms with Crippen molar-refractivity contribution in [3.05, 3.63) is 0 Å². The van der Waals surface area contributed by atoms with Gasteiger partial charge < -0.3 is 5.11 Å². The fourth-order valence-electron chi connectivity index (χ4n) is 0.288. The summed E-state index contributed by atoms with van der Waals surface area (Å²) in [5.74, 6) is 1.07. The molecule has 0 saturated heterocycles. The zero-order valence-corrected chi connectivity index (χ0v) is 5.66. The molecule has 0 spiro atoms. The lowest BCUT2D eigenvalue weighted by molar-refractivity contribution is 0.192. The lowest BCUT2D eigenvalue weighted by Gasteiger charge is -1.98. The second kappa shape index (κ2) is 4.47. The van der Waals surface area contributed by atoms with Gasteiger partial charge in [0.2, 0.25) is 0 Å². The second-order valence-corrected chi connectivity index (χ2v) is 2.62. The summed E-state index contributed by atoms with van der Waals surface area (Å²) in [6, 6.07) is 0. The van der Waals surface area contributed by atoms with Gasteiger partial charge in [-0.1, -0.05) is 0 Å². The van der Waals surface area contributed by atoms with Gasteiger partial charge in [0, 0.05) is 0 Å². The Bertz CT molecular complexity index is 37.1. The molecule has 7 heavy (non-hydrogen) atoms. The van der Waals surface area contributed by atoms with Gasteiger partial charge in [-0.05, 0) is 25.4 Å². The molecule has 0 aliphatic heterocycles. The molecule has 0 radical (unpaired) electrons. The molecule has 0 bridgehead atoms. The Morgan fingerprint density at radius 1 is 1.71 bits per heavy atom. The van der Waals surface area contributed by atoms with E-state index in [9.17, 15) is 0 Å². The Morgan fingerprint density at radius 3 is 2.43 bits per heavy atom. The van der Waals surface area contributed by atoms with Crippen molar-refractivity contribution in [2.45, 2.75) is 19.4 Å². The van der Waals surface area contributed by atoms with Crippen LogP contribution in [0.1, 0.15) is 13.3 Å². The van der Waals surface area contributed by atoms with Crippen LogP contribution >= 0.6 is 11.8 Å². The van der Waals surface area contributed by atoms with Gasteiger partial charge in [0.25, 0.3) is 0 Å². The second-order valence-electron chi connectivity index (χ2n) is 1.63. The summed E-state index contributed by atoms with van der Waals surface area (Å²) in [6.07, 6.45) is 2.84. The highest BCUT2D eigenvalue weighted by Gasteiger charge is 1.90. The minimum Gasteiger partial charge on any atom is -0.393 e. The molecule has 44 valence electrons. The van der Waals surface area contributed by atoms with Crippen LogP contribution in [0.3, 0.4) is 0 Å². The monoisotopic (exact) mass is 120 g/mol. The molecule has 0 aromatic rings. The fourth-order valence-corrected chi connectivity index (χ4v) is 0.865. The molecule has 0 aromatic carbocycles. The largest absolute Gasteiger partial charge is 0.393 e.